The Hall–Kier alpha value is -1.58. The fourth-order valence-electron chi connectivity index (χ4n) is 1.38. The van der Waals surface area contributed by atoms with E-state index in [4.69, 9.17) is 0 Å². The van der Waals surface area contributed by atoms with E-state index in [1.165, 1.54) is 12.1 Å². The Bertz CT molecular complexity index is 338. The summed E-state index contributed by atoms with van der Waals surface area (Å²) in [4.78, 5) is 11.4. The van der Waals surface area contributed by atoms with Crippen LogP contribution in [0.3, 0.4) is 0 Å². The van der Waals surface area contributed by atoms with Crippen molar-refractivity contribution < 1.29 is 9.18 Å². The molecule has 17 heavy (non-hydrogen) atoms. The number of carbonyl (C=O) groups excluding carboxylic acids is 1. The van der Waals surface area contributed by atoms with Crippen molar-refractivity contribution in [1.29, 1.82) is 0 Å². The average molecular weight is 238 g/mol. The Morgan fingerprint density at radius 2 is 1.94 bits per heavy atom. The minimum atomic E-state index is -0.257. The van der Waals surface area contributed by atoms with Crippen LogP contribution >= 0.6 is 0 Å². The molecule has 4 heteroatoms. The number of benzene rings is 1. The van der Waals surface area contributed by atoms with E-state index in [9.17, 15) is 9.18 Å². The molecular formula is C13H19FN2O. The lowest BCUT2D eigenvalue weighted by Gasteiger charge is -2.07. The molecule has 0 spiro atoms. The summed E-state index contributed by atoms with van der Waals surface area (Å²) in [7, 11) is 0. The molecule has 0 saturated heterocycles. The highest BCUT2D eigenvalue weighted by molar-refractivity contribution is 5.76. The molecule has 0 saturated carbocycles. The zero-order valence-electron chi connectivity index (χ0n) is 10.1. The third-order valence-corrected chi connectivity index (χ3v) is 2.38. The molecule has 1 aromatic rings. The summed E-state index contributed by atoms with van der Waals surface area (Å²) < 4.78 is 12.6. The second kappa shape index (κ2) is 7.65. The van der Waals surface area contributed by atoms with E-state index in [1.807, 2.05) is 0 Å². The van der Waals surface area contributed by atoms with Gasteiger partial charge in [-0.2, -0.15) is 0 Å². The van der Waals surface area contributed by atoms with Crippen LogP contribution < -0.4 is 10.6 Å². The number of halogens is 1. The number of hydrogen-bond donors (Lipinski definition) is 2. The van der Waals surface area contributed by atoms with Gasteiger partial charge in [0.05, 0.1) is 0 Å². The van der Waals surface area contributed by atoms with Gasteiger partial charge in [-0.1, -0.05) is 13.3 Å². The number of carbonyl (C=O) groups is 1. The third kappa shape index (κ3) is 5.90. The first kappa shape index (κ1) is 13.5. The fourth-order valence-corrected chi connectivity index (χ4v) is 1.38. The zero-order chi connectivity index (χ0) is 12.5. The van der Waals surface area contributed by atoms with E-state index in [0.29, 0.717) is 13.0 Å². The molecule has 0 fully saturated rings. The van der Waals surface area contributed by atoms with Gasteiger partial charge in [0.15, 0.2) is 0 Å². The largest absolute Gasteiger partial charge is 0.385 e. The van der Waals surface area contributed by atoms with Crippen molar-refractivity contribution in [2.75, 3.05) is 18.4 Å². The molecule has 1 amide bonds. The Morgan fingerprint density at radius 1 is 1.24 bits per heavy atom. The lowest BCUT2D eigenvalue weighted by Crippen LogP contribution is -2.26. The first-order valence-corrected chi connectivity index (χ1v) is 5.98. The highest BCUT2D eigenvalue weighted by Gasteiger charge is 1.99. The quantitative estimate of drug-likeness (QED) is 0.717. The van der Waals surface area contributed by atoms with Gasteiger partial charge in [-0.25, -0.2) is 4.39 Å². The van der Waals surface area contributed by atoms with Gasteiger partial charge in [0.2, 0.25) is 5.91 Å². The molecule has 0 atom stereocenters. The van der Waals surface area contributed by atoms with Crippen LogP contribution in [0.5, 0.6) is 0 Å². The number of amides is 1. The molecule has 0 aromatic heterocycles. The fraction of sp³-hybridized carbons (Fsp3) is 0.462. The molecule has 0 aliphatic rings. The van der Waals surface area contributed by atoms with Crippen LogP contribution in [0.4, 0.5) is 10.1 Å². The molecular weight excluding hydrogens is 219 g/mol. The molecule has 0 aliphatic heterocycles. The molecule has 0 radical (unpaired) electrons. The molecule has 0 bridgehead atoms. The predicted octanol–water partition coefficient (Wildman–Crippen LogP) is 2.54. The van der Waals surface area contributed by atoms with E-state index >= 15 is 0 Å². The number of anilines is 1. The van der Waals surface area contributed by atoms with Crippen molar-refractivity contribution >= 4 is 11.6 Å². The van der Waals surface area contributed by atoms with Crippen LogP contribution in [-0.2, 0) is 4.79 Å². The van der Waals surface area contributed by atoms with Gasteiger partial charge in [-0.15, -0.1) is 0 Å². The summed E-state index contributed by atoms with van der Waals surface area (Å²) in [5.74, 6) is -0.207. The first-order chi connectivity index (χ1) is 8.22. The smallest absolute Gasteiger partial charge is 0.221 e. The van der Waals surface area contributed by atoms with E-state index < -0.39 is 0 Å². The number of rotatable bonds is 7. The van der Waals surface area contributed by atoms with Gasteiger partial charge in [0.1, 0.15) is 5.82 Å². The Morgan fingerprint density at radius 3 is 2.59 bits per heavy atom. The maximum atomic E-state index is 12.6. The molecule has 1 aromatic carbocycles. The normalized spacial score (nSPS) is 10.0. The molecule has 0 heterocycles. The predicted molar refractivity (Wildman–Crippen MR) is 67.4 cm³/mol. The Labute approximate surface area is 101 Å². The van der Waals surface area contributed by atoms with Gasteiger partial charge >= 0.3 is 0 Å². The highest BCUT2D eigenvalue weighted by atomic mass is 19.1. The van der Waals surface area contributed by atoms with Gasteiger partial charge in [-0.05, 0) is 30.7 Å². The van der Waals surface area contributed by atoms with Crippen molar-refractivity contribution in [3.05, 3.63) is 30.1 Å². The van der Waals surface area contributed by atoms with Crippen molar-refractivity contribution in [1.82, 2.24) is 5.32 Å². The van der Waals surface area contributed by atoms with Crippen LogP contribution in [0.1, 0.15) is 26.2 Å². The molecule has 0 aliphatic carbocycles. The first-order valence-electron chi connectivity index (χ1n) is 5.98. The maximum Gasteiger partial charge on any atom is 0.221 e. The monoisotopic (exact) mass is 238 g/mol. The van der Waals surface area contributed by atoms with Crippen LogP contribution in [-0.4, -0.2) is 19.0 Å². The molecule has 94 valence electrons. The zero-order valence-corrected chi connectivity index (χ0v) is 10.1. The second-order valence-electron chi connectivity index (χ2n) is 3.89. The minimum Gasteiger partial charge on any atom is -0.385 e. The van der Waals surface area contributed by atoms with Crippen molar-refractivity contribution in [2.24, 2.45) is 0 Å². The lowest BCUT2D eigenvalue weighted by atomic mass is 10.3. The summed E-state index contributed by atoms with van der Waals surface area (Å²) in [6.07, 6.45) is 2.52. The SMILES string of the molecule is CCCCNC(=O)CCNc1ccc(F)cc1. The second-order valence-corrected chi connectivity index (χ2v) is 3.89. The number of nitrogens with one attached hydrogen (secondary N) is 2. The summed E-state index contributed by atoms with van der Waals surface area (Å²) >= 11 is 0. The van der Waals surface area contributed by atoms with Gasteiger partial charge in [-0.3, -0.25) is 4.79 Å². The topological polar surface area (TPSA) is 41.1 Å². The van der Waals surface area contributed by atoms with Crippen LogP contribution in [0.2, 0.25) is 0 Å². The van der Waals surface area contributed by atoms with Crippen molar-refractivity contribution in [3.8, 4) is 0 Å². The van der Waals surface area contributed by atoms with Gasteiger partial charge in [0, 0.05) is 25.2 Å². The van der Waals surface area contributed by atoms with E-state index in [-0.39, 0.29) is 11.7 Å². The van der Waals surface area contributed by atoms with Crippen molar-refractivity contribution in [2.45, 2.75) is 26.2 Å². The minimum absolute atomic E-state index is 0.0491. The van der Waals surface area contributed by atoms with E-state index in [2.05, 4.69) is 17.6 Å². The van der Waals surface area contributed by atoms with Crippen LogP contribution in [0, 0.1) is 5.82 Å². The maximum absolute atomic E-state index is 12.6. The molecule has 3 nitrogen and oxygen atoms in total. The standard InChI is InChI=1S/C13H19FN2O/c1-2-3-9-16-13(17)8-10-15-12-6-4-11(14)5-7-12/h4-7,15H,2-3,8-10H2,1H3,(H,16,17). The van der Waals surface area contributed by atoms with Crippen LogP contribution in [0.25, 0.3) is 0 Å². The van der Waals surface area contributed by atoms with Crippen LogP contribution in [0.15, 0.2) is 24.3 Å². The molecule has 2 N–H and O–H groups in total. The average Bonchev–Trinajstić information content (AvgIpc) is 2.32. The molecule has 1 rings (SSSR count). The summed E-state index contributed by atoms with van der Waals surface area (Å²) in [6.45, 7) is 3.39. The summed E-state index contributed by atoms with van der Waals surface area (Å²) in [6, 6.07) is 6.10. The Kier molecular flexibility index (Phi) is 6.07. The van der Waals surface area contributed by atoms with Gasteiger partial charge < -0.3 is 10.6 Å². The summed E-state index contributed by atoms with van der Waals surface area (Å²) in [5.41, 5.74) is 0.827. The van der Waals surface area contributed by atoms with Gasteiger partial charge in [0.25, 0.3) is 0 Å². The number of hydrogen-bond acceptors (Lipinski definition) is 2. The number of unbranched alkanes of at least 4 members (excludes halogenated alkanes) is 1. The van der Waals surface area contributed by atoms with Crippen molar-refractivity contribution in [3.63, 3.8) is 0 Å². The highest BCUT2D eigenvalue weighted by Crippen LogP contribution is 2.07. The Balaban J connectivity index is 2.14. The lowest BCUT2D eigenvalue weighted by molar-refractivity contribution is -0.120. The van der Waals surface area contributed by atoms with E-state index in [0.717, 1.165) is 25.1 Å². The van der Waals surface area contributed by atoms with E-state index in [1.54, 1.807) is 12.1 Å². The third-order valence-electron chi connectivity index (χ3n) is 2.38. The molecule has 0 unspecified atom stereocenters. The summed E-state index contributed by atoms with van der Waals surface area (Å²) in [5, 5.41) is 5.91.